The van der Waals surface area contributed by atoms with Crippen molar-refractivity contribution in [3.8, 4) is 0 Å². The molecule has 2 rings (SSSR count). The summed E-state index contributed by atoms with van der Waals surface area (Å²) in [6, 6.07) is 5.36. The van der Waals surface area contributed by atoms with E-state index in [1.807, 2.05) is 12.1 Å². The molecule has 0 spiro atoms. The van der Waals surface area contributed by atoms with Crippen LogP contribution in [0.15, 0.2) is 27.4 Å². The minimum absolute atomic E-state index is 0.239. The average Bonchev–Trinajstić information content (AvgIpc) is 2.65. The van der Waals surface area contributed by atoms with Crippen LogP contribution in [0.2, 0.25) is 0 Å². The Morgan fingerprint density at radius 2 is 2.28 bits per heavy atom. The molecular formula is C12H12N2O4. The lowest BCUT2D eigenvalue weighted by molar-refractivity contribution is -0.131. The standard InChI is InChI=1S/C12H12N2O4/c1-14-9-6-8(4-5-13-11(16)7-15)2-3-10(9)18-12(14)17/h2-3,6-7H,4-5H2,1H3,(H,13,16). The van der Waals surface area contributed by atoms with E-state index in [9.17, 15) is 14.4 Å². The number of amides is 1. The number of hydrogen-bond acceptors (Lipinski definition) is 4. The quantitative estimate of drug-likeness (QED) is 0.609. The molecule has 0 unspecified atom stereocenters. The molecule has 94 valence electrons. The third-order valence-corrected chi connectivity index (χ3v) is 2.68. The van der Waals surface area contributed by atoms with Crippen molar-refractivity contribution in [3.63, 3.8) is 0 Å². The summed E-state index contributed by atoms with van der Waals surface area (Å²) in [7, 11) is 1.63. The van der Waals surface area contributed by atoms with Crippen molar-refractivity contribution in [1.29, 1.82) is 0 Å². The molecule has 0 aliphatic rings. The number of carbonyl (C=O) groups excluding carboxylic acids is 2. The smallest absolute Gasteiger partial charge is 0.408 e. The van der Waals surface area contributed by atoms with E-state index in [2.05, 4.69) is 5.32 Å². The SMILES string of the molecule is Cn1c(=O)oc2ccc(CCNC(=O)C=O)cc21. The van der Waals surface area contributed by atoms with Gasteiger partial charge in [-0.05, 0) is 24.1 Å². The van der Waals surface area contributed by atoms with Gasteiger partial charge < -0.3 is 9.73 Å². The lowest BCUT2D eigenvalue weighted by Gasteiger charge is -2.02. The van der Waals surface area contributed by atoms with E-state index in [-0.39, 0.29) is 6.29 Å². The molecule has 0 saturated carbocycles. The van der Waals surface area contributed by atoms with E-state index in [4.69, 9.17) is 4.42 Å². The monoisotopic (exact) mass is 248 g/mol. The first kappa shape index (κ1) is 12.1. The third kappa shape index (κ3) is 2.32. The summed E-state index contributed by atoms with van der Waals surface area (Å²) >= 11 is 0. The maximum atomic E-state index is 11.3. The van der Waals surface area contributed by atoms with Crippen LogP contribution in [0.3, 0.4) is 0 Å². The minimum Gasteiger partial charge on any atom is -0.408 e. The van der Waals surface area contributed by atoms with E-state index < -0.39 is 11.7 Å². The third-order valence-electron chi connectivity index (χ3n) is 2.68. The number of aldehydes is 1. The van der Waals surface area contributed by atoms with Crippen molar-refractivity contribution in [2.75, 3.05) is 6.54 Å². The van der Waals surface area contributed by atoms with Crippen LogP contribution < -0.4 is 11.1 Å². The molecule has 0 aliphatic heterocycles. The molecule has 0 saturated heterocycles. The van der Waals surface area contributed by atoms with Crippen LogP contribution in [-0.2, 0) is 23.1 Å². The van der Waals surface area contributed by atoms with Crippen molar-refractivity contribution in [1.82, 2.24) is 9.88 Å². The van der Waals surface area contributed by atoms with Gasteiger partial charge in [-0.15, -0.1) is 0 Å². The van der Waals surface area contributed by atoms with Gasteiger partial charge in [0.15, 0.2) is 5.58 Å². The zero-order valence-electron chi connectivity index (χ0n) is 9.80. The van der Waals surface area contributed by atoms with Gasteiger partial charge >= 0.3 is 5.76 Å². The second kappa shape index (κ2) is 4.87. The molecule has 1 N–H and O–H groups in total. The Morgan fingerprint density at radius 3 is 3.00 bits per heavy atom. The summed E-state index contributed by atoms with van der Waals surface area (Å²) in [5, 5.41) is 2.45. The first-order valence-corrected chi connectivity index (χ1v) is 5.43. The fourth-order valence-electron chi connectivity index (χ4n) is 1.70. The number of aryl methyl sites for hydroxylation is 1. The van der Waals surface area contributed by atoms with Gasteiger partial charge in [-0.2, -0.15) is 0 Å². The molecule has 2 aromatic rings. The second-order valence-electron chi connectivity index (χ2n) is 3.89. The lowest BCUT2D eigenvalue weighted by atomic mass is 10.1. The summed E-state index contributed by atoms with van der Waals surface area (Å²) < 4.78 is 6.42. The summed E-state index contributed by atoms with van der Waals surface area (Å²) in [5.41, 5.74) is 2.19. The highest BCUT2D eigenvalue weighted by molar-refractivity contribution is 6.23. The number of aromatic nitrogens is 1. The topological polar surface area (TPSA) is 81.3 Å². The highest BCUT2D eigenvalue weighted by Crippen LogP contribution is 2.14. The van der Waals surface area contributed by atoms with Crippen LogP contribution in [0, 0.1) is 0 Å². The number of nitrogens with zero attached hydrogens (tertiary/aromatic N) is 1. The van der Waals surface area contributed by atoms with E-state index >= 15 is 0 Å². The van der Waals surface area contributed by atoms with Crippen LogP contribution in [-0.4, -0.2) is 23.3 Å². The molecule has 1 aromatic heterocycles. The summed E-state index contributed by atoms with van der Waals surface area (Å²) in [6.45, 7) is 0.370. The number of nitrogens with one attached hydrogen (secondary N) is 1. The Balaban J connectivity index is 2.15. The molecule has 0 atom stereocenters. The van der Waals surface area contributed by atoms with Gasteiger partial charge in [0, 0.05) is 13.6 Å². The Labute approximate surface area is 102 Å². The molecule has 0 fully saturated rings. The van der Waals surface area contributed by atoms with Gasteiger partial charge in [-0.1, -0.05) is 6.07 Å². The van der Waals surface area contributed by atoms with Crippen LogP contribution in [0.25, 0.3) is 11.1 Å². The first-order valence-electron chi connectivity index (χ1n) is 5.43. The zero-order chi connectivity index (χ0) is 13.1. The zero-order valence-corrected chi connectivity index (χ0v) is 9.80. The minimum atomic E-state index is -0.633. The number of carbonyl (C=O) groups is 2. The van der Waals surface area contributed by atoms with Crippen molar-refractivity contribution in [3.05, 3.63) is 34.3 Å². The molecule has 6 heteroatoms. The van der Waals surface area contributed by atoms with Gasteiger partial charge in [-0.25, -0.2) is 4.79 Å². The fourth-order valence-corrected chi connectivity index (χ4v) is 1.70. The normalized spacial score (nSPS) is 10.5. The molecule has 1 aromatic carbocycles. The van der Waals surface area contributed by atoms with Crippen LogP contribution in [0.5, 0.6) is 0 Å². The van der Waals surface area contributed by atoms with Crippen molar-refractivity contribution in [2.24, 2.45) is 7.05 Å². The Hall–Kier alpha value is -2.37. The highest BCUT2D eigenvalue weighted by Gasteiger charge is 2.06. The average molecular weight is 248 g/mol. The predicted octanol–water partition coefficient (Wildman–Crippen LogP) is -0.0109. The molecule has 0 radical (unpaired) electrons. The fraction of sp³-hybridized carbons (Fsp3) is 0.250. The second-order valence-corrected chi connectivity index (χ2v) is 3.89. The molecule has 1 heterocycles. The maximum absolute atomic E-state index is 11.3. The predicted molar refractivity (Wildman–Crippen MR) is 64.2 cm³/mol. The number of oxazole rings is 1. The molecular weight excluding hydrogens is 236 g/mol. The summed E-state index contributed by atoms with van der Waals surface area (Å²) in [4.78, 5) is 32.1. The molecule has 18 heavy (non-hydrogen) atoms. The van der Waals surface area contributed by atoms with Crippen molar-refractivity contribution in [2.45, 2.75) is 6.42 Å². The Morgan fingerprint density at radius 1 is 1.50 bits per heavy atom. The van der Waals surface area contributed by atoms with E-state index in [0.717, 1.165) is 5.56 Å². The van der Waals surface area contributed by atoms with Gasteiger partial charge in [0.05, 0.1) is 5.52 Å². The van der Waals surface area contributed by atoms with E-state index in [1.165, 1.54) is 4.57 Å². The van der Waals surface area contributed by atoms with Gasteiger partial charge in [0.25, 0.3) is 5.91 Å². The van der Waals surface area contributed by atoms with Crippen LogP contribution >= 0.6 is 0 Å². The van der Waals surface area contributed by atoms with Gasteiger partial charge in [0.1, 0.15) is 0 Å². The molecule has 0 bridgehead atoms. The molecule has 6 nitrogen and oxygen atoms in total. The van der Waals surface area contributed by atoms with Crippen molar-refractivity contribution >= 4 is 23.3 Å². The van der Waals surface area contributed by atoms with E-state index in [0.29, 0.717) is 24.1 Å². The first-order chi connectivity index (χ1) is 8.61. The van der Waals surface area contributed by atoms with Gasteiger partial charge in [-0.3, -0.25) is 14.2 Å². The number of hydrogen-bond donors (Lipinski definition) is 1. The number of rotatable bonds is 4. The number of fused-ring (bicyclic) bond motifs is 1. The largest absolute Gasteiger partial charge is 0.419 e. The molecule has 1 amide bonds. The van der Waals surface area contributed by atoms with Crippen molar-refractivity contribution < 1.29 is 14.0 Å². The Kier molecular flexibility index (Phi) is 3.27. The van der Waals surface area contributed by atoms with E-state index in [1.54, 1.807) is 13.1 Å². The molecule has 0 aliphatic carbocycles. The maximum Gasteiger partial charge on any atom is 0.419 e. The highest BCUT2D eigenvalue weighted by atomic mass is 16.4. The van der Waals surface area contributed by atoms with Crippen LogP contribution in [0.1, 0.15) is 5.56 Å². The lowest BCUT2D eigenvalue weighted by Crippen LogP contribution is -2.26. The summed E-state index contributed by atoms with van der Waals surface area (Å²) in [5.74, 6) is -1.04. The summed E-state index contributed by atoms with van der Waals surface area (Å²) in [6.07, 6.45) is 0.817. The van der Waals surface area contributed by atoms with Crippen LogP contribution in [0.4, 0.5) is 0 Å². The van der Waals surface area contributed by atoms with Gasteiger partial charge in [0.2, 0.25) is 6.29 Å². The Bertz CT molecular complexity index is 654. The number of benzene rings is 1.